The normalized spacial score (nSPS) is 21.3. The van der Waals surface area contributed by atoms with Crippen LogP contribution in [0.4, 0.5) is 5.95 Å². The number of thiophene rings is 1. The fourth-order valence-corrected chi connectivity index (χ4v) is 6.50. The van der Waals surface area contributed by atoms with Crippen LogP contribution in [-0.2, 0) is 4.79 Å². The fraction of sp³-hybridized carbons (Fsp3) is 0.250. The molecule has 1 saturated heterocycles. The Morgan fingerprint density at radius 3 is 2.63 bits per heavy atom. The largest absolute Gasteiger partial charge is 0.339 e. The Morgan fingerprint density at radius 2 is 1.83 bits per heavy atom. The van der Waals surface area contributed by atoms with Crippen molar-refractivity contribution in [2.45, 2.75) is 25.3 Å². The molecule has 176 valence electrons. The molecule has 2 aromatic heterocycles. The Morgan fingerprint density at radius 1 is 1.06 bits per heavy atom. The topological polar surface area (TPSA) is 67.2 Å². The van der Waals surface area contributed by atoms with E-state index in [0.29, 0.717) is 10.8 Å². The lowest BCUT2D eigenvalue weighted by Gasteiger charge is -2.46. The summed E-state index contributed by atoms with van der Waals surface area (Å²) in [7, 11) is 0. The van der Waals surface area contributed by atoms with Gasteiger partial charge in [0.2, 0.25) is 11.9 Å². The number of carbonyl (C=O) groups excluding carboxylic acids is 2. The number of benzene rings is 2. The Balaban J connectivity index is 1.24. The first kappa shape index (κ1) is 21.8. The van der Waals surface area contributed by atoms with Gasteiger partial charge >= 0.3 is 0 Å². The number of amides is 2. The van der Waals surface area contributed by atoms with Crippen LogP contribution in [0.25, 0.3) is 21.5 Å². The highest BCUT2D eigenvalue weighted by Crippen LogP contribution is 2.55. The summed E-state index contributed by atoms with van der Waals surface area (Å²) >= 11 is 1.48. The highest BCUT2D eigenvalue weighted by molar-refractivity contribution is 7.17. The Labute approximate surface area is 207 Å². The van der Waals surface area contributed by atoms with Gasteiger partial charge in [0, 0.05) is 24.0 Å². The Kier molecular flexibility index (Phi) is 5.29. The second-order valence-electron chi connectivity index (χ2n) is 9.55. The van der Waals surface area contributed by atoms with Crippen LogP contribution in [-0.4, -0.2) is 39.4 Å². The molecule has 2 aromatic carbocycles. The summed E-state index contributed by atoms with van der Waals surface area (Å²) in [6, 6.07) is 22.2. The van der Waals surface area contributed by atoms with Crippen LogP contribution in [0.15, 0.2) is 79.4 Å². The van der Waals surface area contributed by atoms with Crippen molar-refractivity contribution in [2.75, 3.05) is 18.4 Å². The maximum atomic E-state index is 13.2. The molecule has 2 aliphatic rings. The number of rotatable bonds is 5. The lowest BCUT2D eigenvalue weighted by molar-refractivity contribution is -0.125. The first-order valence-corrected chi connectivity index (χ1v) is 12.7. The summed E-state index contributed by atoms with van der Waals surface area (Å²) in [4.78, 5) is 33.7. The standard InChI is InChI=1S/C28H26N4O2S/c1-2-25(33)31-15-14-28(18-31)16-20(17-28)32-22-11-7-6-10-21(22)29-27(32)30-26(34)24-13-12-23(35-24)19-8-4-3-5-9-19/h2-13,20H,1,14-18H2,(H,29,30,34). The summed E-state index contributed by atoms with van der Waals surface area (Å²) < 4.78 is 2.18. The van der Waals surface area contributed by atoms with Crippen LogP contribution < -0.4 is 5.32 Å². The predicted molar refractivity (Wildman–Crippen MR) is 140 cm³/mol. The molecule has 1 N–H and O–H groups in total. The van der Waals surface area contributed by atoms with Crippen LogP contribution in [0, 0.1) is 5.41 Å². The van der Waals surface area contributed by atoms with Crippen molar-refractivity contribution >= 4 is 40.1 Å². The SMILES string of the molecule is C=CC(=O)N1CCC2(CC(n3c(NC(=O)c4ccc(-c5ccccc5)s4)nc4ccccc43)C2)C1. The molecule has 0 radical (unpaired) electrons. The molecule has 35 heavy (non-hydrogen) atoms. The van der Waals surface area contributed by atoms with E-state index in [2.05, 4.69) is 22.5 Å². The van der Waals surface area contributed by atoms with Crippen molar-refractivity contribution in [1.82, 2.24) is 14.5 Å². The van der Waals surface area contributed by atoms with Crippen LogP contribution in [0.3, 0.4) is 0 Å². The minimum absolute atomic E-state index is 0.0113. The van der Waals surface area contributed by atoms with Gasteiger partial charge in [-0.15, -0.1) is 11.3 Å². The van der Waals surface area contributed by atoms with E-state index in [1.54, 1.807) is 0 Å². The van der Waals surface area contributed by atoms with Crippen LogP contribution >= 0.6 is 11.3 Å². The minimum atomic E-state index is -0.147. The number of likely N-dealkylation sites (tertiary alicyclic amines) is 1. The van der Waals surface area contributed by atoms with E-state index in [1.807, 2.05) is 65.6 Å². The molecule has 0 bridgehead atoms. The third-order valence-electron chi connectivity index (χ3n) is 7.34. The lowest BCUT2D eigenvalue weighted by Crippen LogP contribution is -2.42. The number of anilines is 1. The van der Waals surface area contributed by atoms with E-state index in [4.69, 9.17) is 4.98 Å². The van der Waals surface area contributed by atoms with Gasteiger partial charge in [0.1, 0.15) is 0 Å². The zero-order valence-corrected chi connectivity index (χ0v) is 20.1. The van der Waals surface area contributed by atoms with E-state index in [0.717, 1.165) is 53.8 Å². The van der Waals surface area contributed by atoms with Crippen molar-refractivity contribution in [3.63, 3.8) is 0 Å². The lowest BCUT2D eigenvalue weighted by atomic mass is 9.65. The zero-order chi connectivity index (χ0) is 24.0. The molecule has 4 aromatic rings. The van der Waals surface area contributed by atoms with Crippen molar-refractivity contribution in [2.24, 2.45) is 5.41 Å². The average Bonchev–Trinajstić information content (AvgIpc) is 3.60. The molecule has 3 heterocycles. The minimum Gasteiger partial charge on any atom is -0.339 e. The maximum absolute atomic E-state index is 13.2. The quantitative estimate of drug-likeness (QED) is 0.368. The number of fused-ring (bicyclic) bond motifs is 1. The number of imidazole rings is 1. The van der Waals surface area contributed by atoms with Gasteiger partial charge in [-0.25, -0.2) is 4.98 Å². The van der Waals surface area contributed by atoms with Crippen molar-refractivity contribution in [3.05, 3.63) is 84.3 Å². The molecule has 7 heteroatoms. The molecular formula is C28H26N4O2S. The van der Waals surface area contributed by atoms with Gasteiger partial charge in [0.15, 0.2) is 0 Å². The van der Waals surface area contributed by atoms with Gasteiger partial charge in [0.05, 0.1) is 15.9 Å². The molecule has 1 spiro atoms. The molecule has 1 aliphatic carbocycles. The first-order valence-electron chi connectivity index (χ1n) is 11.9. The van der Waals surface area contributed by atoms with Crippen LogP contribution in [0.5, 0.6) is 0 Å². The van der Waals surface area contributed by atoms with Gasteiger partial charge < -0.3 is 9.47 Å². The third kappa shape index (κ3) is 3.86. The highest BCUT2D eigenvalue weighted by Gasteiger charge is 2.50. The first-order chi connectivity index (χ1) is 17.0. The number of nitrogens with zero attached hydrogens (tertiary/aromatic N) is 3. The van der Waals surface area contributed by atoms with Crippen molar-refractivity contribution < 1.29 is 9.59 Å². The number of para-hydroxylation sites is 2. The molecule has 1 saturated carbocycles. The molecule has 0 atom stereocenters. The van der Waals surface area contributed by atoms with Gasteiger partial charge in [-0.1, -0.05) is 49.0 Å². The average molecular weight is 483 g/mol. The van der Waals surface area contributed by atoms with E-state index in [9.17, 15) is 9.59 Å². The smallest absolute Gasteiger partial charge is 0.268 e. The number of aromatic nitrogens is 2. The van der Waals surface area contributed by atoms with Crippen LogP contribution in [0.2, 0.25) is 0 Å². The Hall–Kier alpha value is -3.71. The van der Waals surface area contributed by atoms with Crippen LogP contribution in [0.1, 0.15) is 35.0 Å². The monoisotopic (exact) mass is 482 g/mol. The van der Waals surface area contributed by atoms with Gasteiger partial charge in [-0.3, -0.25) is 14.9 Å². The zero-order valence-electron chi connectivity index (χ0n) is 19.3. The molecule has 2 amide bonds. The van der Waals surface area contributed by atoms with Gasteiger partial charge in [0.25, 0.3) is 5.91 Å². The second-order valence-corrected chi connectivity index (χ2v) is 10.6. The summed E-state index contributed by atoms with van der Waals surface area (Å²) in [6.07, 6.45) is 4.34. The predicted octanol–water partition coefficient (Wildman–Crippen LogP) is 5.76. The number of hydrogen-bond donors (Lipinski definition) is 1. The number of nitrogens with one attached hydrogen (secondary N) is 1. The summed E-state index contributed by atoms with van der Waals surface area (Å²) in [5, 5.41) is 3.09. The number of hydrogen-bond acceptors (Lipinski definition) is 4. The third-order valence-corrected chi connectivity index (χ3v) is 8.47. The molecule has 0 unspecified atom stereocenters. The number of carbonyl (C=O) groups is 2. The molecule has 6 nitrogen and oxygen atoms in total. The van der Waals surface area contributed by atoms with Gasteiger partial charge in [-0.2, -0.15) is 0 Å². The van der Waals surface area contributed by atoms with Gasteiger partial charge in [-0.05, 0) is 60.6 Å². The maximum Gasteiger partial charge on any atom is 0.268 e. The Bertz CT molecular complexity index is 1430. The molecule has 2 fully saturated rings. The van der Waals surface area contributed by atoms with Crippen molar-refractivity contribution in [1.29, 1.82) is 0 Å². The summed E-state index contributed by atoms with van der Waals surface area (Å²) in [5.74, 6) is 0.450. The van der Waals surface area contributed by atoms with E-state index in [-0.39, 0.29) is 23.3 Å². The summed E-state index contributed by atoms with van der Waals surface area (Å²) in [5.41, 5.74) is 3.14. The molecule has 6 rings (SSSR count). The van der Waals surface area contributed by atoms with E-state index < -0.39 is 0 Å². The van der Waals surface area contributed by atoms with Crippen molar-refractivity contribution in [3.8, 4) is 10.4 Å². The second kappa shape index (κ2) is 8.50. The molecular weight excluding hydrogens is 456 g/mol. The molecule has 1 aliphatic heterocycles. The fourth-order valence-electron chi connectivity index (χ4n) is 5.59. The summed E-state index contributed by atoms with van der Waals surface area (Å²) in [6.45, 7) is 5.19. The highest BCUT2D eigenvalue weighted by atomic mass is 32.1. The van der Waals surface area contributed by atoms with E-state index >= 15 is 0 Å². The van der Waals surface area contributed by atoms with E-state index in [1.165, 1.54) is 17.4 Å².